The van der Waals surface area contributed by atoms with Gasteiger partial charge in [-0.2, -0.15) is 0 Å². The van der Waals surface area contributed by atoms with E-state index in [0.29, 0.717) is 5.56 Å². The molecule has 0 fully saturated rings. The van der Waals surface area contributed by atoms with Gasteiger partial charge in [0.25, 0.3) is 0 Å². The molecule has 0 spiro atoms. The standard InChI is InChI=1S/C14H9BrF2O/c15-11-4-1-9(2-5-11)14(18)7-10-3-6-12(16)8-13(10)17/h1-6,8H,7H2. The molecule has 1 nitrogen and oxygen atoms in total. The molecule has 18 heavy (non-hydrogen) atoms. The average Bonchev–Trinajstić information content (AvgIpc) is 2.33. The maximum atomic E-state index is 13.4. The van der Waals surface area contributed by atoms with Crippen LogP contribution in [-0.2, 0) is 6.42 Å². The van der Waals surface area contributed by atoms with Gasteiger partial charge in [-0.05, 0) is 23.8 Å². The number of hydrogen-bond acceptors (Lipinski definition) is 1. The Labute approximate surface area is 112 Å². The van der Waals surface area contributed by atoms with E-state index in [1.54, 1.807) is 24.3 Å². The number of Topliss-reactive ketones (excluding diaryl/α,β-unsaturated/α-hetero) is 1. The molecule has 0 saturated carbocycles. The Bertz CT molecular complexity index is 579. The van der Waals surface area contributed by atoms with Gasteiger partial charge in [-0.1, -0.05) is 34.1 Å². The summed E-state index contributed by atoms with van der Waals surface area (Å²) in [7, 11) is 0. The molecule has 2 aromatic carbocycles. The minimum Gasteiger partial charge on any atom is -0.294 e. The lowest BCUT2D eigenvalue weighted by atomic mass is 10.0. The molecule has 0 aliphatic rings. The van der Waals surface area contributed by atoms with E-state index >= 15 is 0 Å². The van der Waals surface area contributed by atoms with Gasteiger partial charge >= 0.3 is 0 Å². The maximum Gasteiger partial charge on any atom is 0.167 e. The molecular weight excluding hydrogens is 302 g/mol. The van der Waals surface area contributed by atoms with E-state index in [9.17, 15) is 13.6 Å². The molecule has 4 heteroatoms. The SMILES string of the molecule is O=C(Cc1ccc(F)cc1F)c1ccc(Br)cc1. The van der Waals surface area contributed by atoms with Crippen LogP contribution in [0.5, 0.6) is 0 Å². The van der Waals surface area contributed by atoms with Crippen LogP contribution in [0.2, 0.25) is 0 Å². The number of ketones is 1. The van der Waals surface area contributed by atoms with E-state index in [4.69, 9.17) is 0 Å². The normalized spacial score (nSPS) is 10.4. The summed E-state index contributed by atoms with van der Waals surface area (Å²) in [6, 6.07) is 10.0. The second-order valence-electron chi connectivity index (χ2n) is 3.84. The topological polar surface area (TPSA) is 17.1 Å². The van der Waals surface area contributed by atoms with Crippen molar-refractivity contribution < 1.29 is 13.6 Å². The van der Waals surface area contributed by atoms with Crippen LogP contribution < -0.4 is 0 Å². The zero-order valence-electron chi connectivity index (χ0n) is 9.29. The number of halogens is 3. The number of rotatable bonds is 3. The highest BCUT2D eigenvalue weighted by molar-refractivity contribution is 9.10. The predicted molar refractivity (Wildman–Crippen MR) is 68.5 cm³/mol. The summed E-state index contributed by atoms with van der Waals surface area (Å²) in [5.74, 6) is -1.54. The molecule has 0 unspecified atom stereocenters. The Hall–Kier alpha value is -1.55. The molecule has 0 amide bonds. The fraction of sp³-hybridized carbons (Fsp3) is 0.0714. The van der Waals surface area contributed by atoms with Crippen molar-refractivity contribution in [2.45, 2.75) is 6.42 Å². The van der Waals surface area contributed by atoms with Gasteiger partial charge in [0, 0.05) is 22.5 Å². The van der Waals surface area contributed by atoms with Crippen molar-refractivity contribution in [1.29, 1.82) is 0 Å². The summed E-state index contributed by atoms with van der Waals surface area (Å²) >= 11 is 3.27. The smallest absolute Gasteiger partial charge is 0.167 e. The molecule has 0 aromatic heterocycles. The van der Waals surface area contributed by atoms with Gasteiger partial charge in [0.2, 0.25) is 0 Å². The van der Waals surface area contributed by atoms with Crippen molar-refractivity contribution in [1.82, 2.24) is 0 Å². The first-order valence-electron chi connectivity index (χ1n) is 5.29. The van der Waals surface area contributed by atoms with Crippen molar-refractivity contribution in [2.24, 2.45) is 0 Å². The Morgan fingerprint density at radius 1 is 1.06 bits per heavy atom. The van der Waals surface area contributed by atoms with Crippen LogP contribution in [0.1, 0.15) is 15.9 Å². The van der Waals surface area contributed by atoms with Gasteiger partial charge in [0.05, 0.1) is 0 Å². The number of benzene rings is 2. The van der Waals surface area contributed by atoms with Crippen molar-refractivity contribution in [3.8, 4) is 0 Å². The molecule has 92 valence electrons. The summed E-state index contributed by atoms with van der Waals surface area (Å²) in [5, 5.41) is 0. The van der Waals surface area contributed by atoms with Crippen LogP contribution in [0.3, 0.4) is 0 Å². The molecule has 0 atom stereocenters. The highest BCUT2D eigenvalue weighted by Crippen LogP contribution is 2.15. The third kappa shape index (κ3) is 3.01. The first-order valence-corrected chi connectivity index (χ1v) is 6.08. The van der Waals surface area contributed by atoms with Crippen molar-refractivity contribution >= 4 is 21.7 Å². The third-order valence-electron chi connectivity index (χ3n) is 2.53. The fourth-order valence-corrected chi connectivity index (χ4v) is 1.84. The first kappa shape index (κ1) is 12.9. The Balaban J connectivity index is 2.18. The summed E-state index contributed by atoms with van der Waals surface area (Å²) in [5.41, 5.74) is 0.700. The van der Waals surface area contributed by atoms with Crippen LogP contribution in [-0.4, -0.2) is 5.78 Å². The lowest BCUT2D eigenvalue weighted by Crippen LogP contribution is -2.05. The van der Waals surface area contributed by atoms with Crippen LogP contribution in [0.4, 0.5) is 8.78 Å². The molecule has 0 aliphatic heterocycles. The lowest BCUT2D eigenvalue weighted by Gasteiger charge is -2.03. The Morgan fingerprint density at radius 2 is 1.72 bits per heavy atom. The van der Waals surface area contributed by atoms with Gasteiger partial charge in [0.1, 0.15) is 11.6 Å². The molecule has 0 bridgehead atoms. The minimum atomic E-state index is -0.694. The largest absolute Gasteiger partial charge is 0.294 e. The maximum absolute atomic E-state index is 13.4. The molecular formula is C14H9BrF2O. The molecule has 0 aliphatic carbocycles. The van der Waals surface area contributed by atoms with Gasteiger partial charge in [0.15, 0.2) is 5.78 Å². The summed E-state index contributed by atoms with van der Waals surface area (Å²) < 4.78 is 27.0. The highest BCUT2D eigenvalue weighted by Gasteiger charge is 2.11. The second kappa shape index (κ2) is 5.40. The minimum absolute atomic E-state index is 0.0756. The van der Waals surface area contributed by atoms with E-state index < -0.39 is 11.6 Å². The Kier molecular flexibility index (Phi) is 3.87. The zero-order valence-corrected chi connectivity index (χ0v) is 10.9. The summed E-state index contributed by atoms with van der Waals surface area (Å²) in [4.78, 5) is 11.9. The molecule has 0 heterocycles. The number of carbonyl (C=O) groups is 1. The molecule has 2 rings (SSSR count). The summed E-state index contributed by atoms with van der Waals surface area (Å²) in [6.45, 7) is 0. The first-order chi connectivity index (χ1) is 8.56. The van der Waals surface area contributed by atoms with Gasteiger partial charge in [-0.3, -0.25) is 4.79 Å². The monoisotopic (exact) mass is 310 g/mol. The second-order valence-corrected chi connectivity index (χ2v) is 4.76. The van der Waals surface area contributed by atoms with Crippen LogP contribution in [0.25, 0.3) is 0 Å². The van der Waals surface area contributed by atoms with Gasteiger partial charge in [-0.25, -0.2) is 8.78 Å². The third-order valence-corrected chi connectivity index (χ3v) is 3.06. The molecule has 2 aromatic rings. The number of carbonyl (C=O) groups excluding carboxylic acids is 1. The van der Waals surface area contributed by atoms with Gasteiger partial charge in [-0.15, -0.1) is 0 Å². The van der Waals surface area contributed by atoms with E-state index in [0.717, 1.165) is 16.6 Å². The molecule has 0 saturated heterocycles. The van der Waals surface area contributed by atoms with Crippen molar-refractivity contribution in [3.05, 3.63) is 69.7 Å². The van der Waals surface area contributed by atoms with Crippen molar-refractivity contribution in [3.63, 3.8) is 0 Å². The van der Waals surface area contributed by atoms with E-state index in [-0.39, 0.29) is 17.8 Å². The van der Waals surface area contributed by atoms with Gasteiger partial charge < -0.3 is 0 Å². The van der Waals surface area contributed by atoms with E-state index in [1.165, 1.54) is 6.07 Å². The summed E-state index contributed by atoms with van der Waals surface area (Å²) in [6.07, 6.45) is -0.0756. The average molecular weight is 311 g/mol. The molecule has 0 radical (unpaired) electrons. The van der Waals surface area contributed by atoms with Crippen molar-refractivity contribution in [2.75, 3.05) is 0 Å². The van der Waals surface area contributed by atoms with Crippen LogP contribution in [0.15, 0.2) is 46.9 Å². The zero-order chi connectivity index (χ0) is 13.1. The fourth-order valence-electron chi connectivity index (χ4n) is 1.58. The lowest BCUT2D eigenvalue weighted by molar-refractivity contribution is 0.0991. The number of hydrogen-bond donors (Lipinski definition) is 0. The van der Waals surface area contributed by atoms with E-state index in [2.05, 4.69) is 15.9 Å². The van der Waals surface area contributed by atoms with Crippen LogP contribution in [0, 0.1) is 11.6 Å². The quantitative estimate of drug-likeness (QED) is 0.778. The van der Waals surface area contributed by atoms with Crippen LogP contribution >= 0.6 is 15.9 Å². The Morgan fingerprint density at radius 3 is 2.33 bits per heavy atom. The predicted octanol–water partition coefficient (Wildman–Crippen LogP) is 4.15. The molecule has 0 N–H and O–H groups in total. The highest BCUT2D eigenvalue weighted by atomic mass is 79.9. The van der Waals surface area contributed by atoms with E-state index in [1.807, 2.05) is 0 Å².